The summed E-state index contributed by atoms with van der Waals surface area (Å²) in [5.41, 5.74) is 4.89. The van der Waals surface area contributed by atoms with Crippen molar-refractivity contribution in [2.45, 2.75) is 46.0 Å². The van der Waals surface area contributed by atoms with E-state index in [1.807, 2.05) is 44.7 Å². The topological polar surface area (TPSA) is 38.3 Å². The summed E-state index contributed by atoms with van der Waals surface area (Å²) in [4.78, 5) is 12.4. The molecular formula is C22H29NO2S. The first-order valence-corrected chi connectivity index (χ1v) is 10.3. The highest BCUT2D eigenvalue weighted by molar-refractivity contribution is 7.98. The maximum absolute atomic E-state index is 12.4. The van der Waals surface area contributed by atoms with Crippen LogP contribution in [0.5, 0.6) is 5.75 Å². The Morgan fingerprint density at radius 1 is 1.08 bits per heavy atom. The number of nitrogens with one attached hydrogen (secondary N) is 1. The summed E-state index contributed by atoms with van der Waals surface area (Å²) in [6, 6.07) is 14.6. The molecule has 2 aromatic rings. The van der Waals surface area contributed by atoms with Crippen LogP contribution in [-0.2, 0) is 10.5 Å². The van der Waals surface area contributed by atoms with Crippen LogP contribution >= 0.6 is 11.8 Å². The molecule has 0 aliphatic carbocycles. The molecule has 0 spiro atoms. The lowest BCUT2D eigenvalue weighted by molar-refractivity contribution is -0.127. The highest BCUT2D eigenvalue weighted by atomic mass is 32.2. The zero-order valence-electron chi connectivity index (χ0n) is 16.2. The van der Waals surface area contributed by atoms with Crippen molar-refractivity contribution < 1.29 is 9.53 Å². The van der Waals surface area contributed by atoms with Gasteiger partial charge in [-0.15, -0.1) is 0 Å². The molecule has 2 aromatic carbocycles. The molecule has 140 valence electrons. The third-order valence-corrected chi connectivity index (χ3v) is 5.06. The minimum absolute atomic E-state index is 0.0391. The Balaban J connectivity index is 1.74. The van der Waals surface area contributed by atoms with E-state index in [0.717, 1.165) is 28.4 Å². The van der Waals surface area contributed by atoms with Gasteiger partial charge in [0.2, 0.25) is 0 Å². The van der Waals surface area contributed by atoms with Gasteiger partial charge in [0.15, 0.2) is 6.10 Å². The van der Waals surface area contributed by atoms with Crippen LogP contribution in [0.25, 0.3) is 0 Å². The Morgan fingerprint density at radius 2 is 1.81 bits per heavy atom. The first kappa shape index (κ1) is 20.4. The number of amides is 1. The molecule has 0 fully saturated rings. The molecule has 0 aliphatic rings. The molecule has 0 heterocycles. The number of hydrogen-bond acceptors (Lipinski definition) is 3. The van der Waals surface area contributed by atoms with Gasteiger partial charge >= 0.3 is 0 Å². The van der Waals surface area contributed by atoms with Gasteiger partial charge in [-0.3, -0.25) is 4.79 Å². The second-order valence-electron chi connectivity index (χ2n) is 6.67. The largest absolute Gasteiger partial charge is 0.481 e. The van der Waals surface area contributed by atoms with Gasteiger partial charge in [0.1, 0.15) is 5.75 Å². The zero-order chi connectivity index (χ0) is 18.9. The lowest BCUT2D eigenvalue weighted by Crippen LogP contribution is -2.39. The van der Waals surface area contributed by atoms with E-state index in [2.05, 4.69) is 42.6 Å². The van der Waals surface area contributed by atoms with Gasteiger partial charge in [0, 0.05) is 18.1 Å². The van der Waals surface area contributed by atoms with E-state index in [4.69, 9.17) is 4.74 Å². The standard InChI is InChI=1S/C22H29NO2S/c1-5-21(25-20-13-17(3)11-18(4)14-20)22(24)23-9-10-26-15-19-8-6-7-16(2)12-19/h6-8,11-14,21H,5,9-10,15H2,1-4H3,(H,23,24). The van der Waals surface area contributed by atoms with Crippen LogP contribution in [0.3, 0.4) is 0 Å². The number of benzene rings is 2. The minimum Gasteiger partial charge on any atom is -0.481 e. The average molecular weight is 372 g/mol. The van der Waals surface area contributed by atoms with Gasteiger partial charge in [0.05, 0.1) is 0 Å². The fourth-order valence-corrected chi connectivity index (χ4v) is 3.65. The molecule has 1 amide bonds. The van der Waals surface area contributed by atoms with Crippen molar-refractivity contribution in [3.05, 3.63) is 64.7 Å². The SMILES string of the molecule is CCC(Oc1cc(C)cc(C)c1)C(=O)NCCSCc1cccc(C)c1. The summed E-state index contributed by atoms with van der Waals surface area (Å²) in [6.07, 6.45) is 0.202. The Kier molecular flexibility index (Phi) is 8.05. The molecular weight excluding hydrogens is 342 g/mol. The van der Waals surface area contributed by atoms with E-state index in [1.54, 1.807) is 0 Å². The van der Waals surface area contributed by atoms with E-state index in [-0.39, 0.29) is 5.91 Å². The first-order chi connectivity index (χ1) is 12.5. The molecule has 1 unspecified atom stereocenters. The van der Waals surface area contributed by atoms with Crippen molar-refractivity contribution in [2.24, 2.45) is 0 Å². The molecule has 26 heavy (non-hydrogen) atoms. The summed E-state index contributed by atoms with van der Waals surface area (Å²) < 4.78 is 5.91. The average Bonchev–Trinajstić information content (AvgIpc) is 2.58. The minimum atomic E-state index is -0.446. The highest BCUT2D eigenvalue weighted by Gasteiger charge is 2.18. The zero-order valence-corrected chi connectivity index (χ0v) is 17.0. The van der Waals surface area contributed by atoms with Crippen LogP contribution in [-0.4, -0.2) is 24.3 Å². The monoisotopic (exact) mass is 371 g/mol. The maximum Gasteiger partial charge on any atom is 0.261 e. The van der Waals surface area contributed by atoms with Crippen molar-refractivity contribution in [3.63, 3.8) is 0 Å². The van der Waals surface area contributed by atoms with E-state index in [0.29, 0.717) is 13.0 Å². The summed E-state index contributed by atoms with van der Waals surface area (Å²) in [5.74, 6) is 2.58. The van der Waals surface area contributed by atoms with Crippen molar-refractivity contribution in [2.75, 3.05) is 12.3 Å². The van der Waals surface area contributed by atoms with Crippen LogP contribution in [0, 0.1) is 20.8 Å². The van der Waals surface area contributed by atoms with E-state index in [9.17, 15) is 4.79 Å². The Hall–Kier alpha value is -1.94. The maximum atomic E-state index is 12.4. The van der Waals surface area contributed by atoms with Crippen LogP contribution < -0.4 is 10.1 Å². The summed E-state index contributed by atoms with van der Waals surface area (Å²) >= 11 is 1.83. The van der Waals surface area contributed by atoms with Crippen molar-refractivity contribution in [3.8, 4) is 5.75 Å². The lowest BCUT2D eigenvalue weighted by Gasteiger charge is -2.18. The Bertz CT molecular complexity index is 710. The summed E-state index contributed by atoms with van der Waals surface area (Å²) in [5, 5.41) is 3.00. The summed E-state index contributed by atoms with van der Waals surface area (Å²) in [6.45, 7) is 8.80. The summed E-state index contributed by atoms with van der Waals surface area (Å²) in [7, 11) is 0. The molecule has 0 saturated heterocycles. The molecule has 1 atom stereocenters. The Labute approximate surface area is 161 Å². The number of thioether (sulfide) groups is 1. The molecule has 0 bridgehead atoms. The Morgan fingerprint density at radius 3 is 2.46 bits per heavy atom. The molecule has 0 radical (unpaired) electrons. The fraction of sp³-hybridized carbons (Fsp3) is 0.409. The molecule has 3 nitrogen and oxygen atoms in total. The van der Waals surface area contributed by atoms with E-state index >= 15 is 0 Å². The molecule has 1 N–H and O–H groups in total. The van der Waals surface area contributed by atoms with Crippen molar-refractivity contribution >= 4 is 17.7 Å². The van der Waals surface area contributed by atoms with Gasteiger partial charge in [-0.2, -0.15) is 11.8 Å². The second kappa shape index (κ2) is 10.3. The van der Waals surface area contributed by atoms with E-state index in [1.165, 1.54) is 11.1 Å². The van der Waals surface area contributed by atoms with E-state index < -0.39 is 6.10 Å². The van der Waals surface area contributed by atoms with Gasteiger partial charge in [0.25, 0.3) is 5.91 Å². The van der Waals surface area contributed by atoms with Gasteiger partial charge in [-0.25, -0.2) is 0 Å². The molecule has 0 aromatic heterocycles. The fourth-order valence-electron chi connectivity index (χ4n) is 2.84. The number of carbonyl (C=O) groups is 1. The quantitative estimate of drug-likeness (QED) is 0.642. The van der Waals surface area contributed by atoms with Crippen molar-refractivity contribution in [1.29, 1.82) is 0 Å². The van der Waals surface area contributed by atoms with Crippen LogP contribution in [0.2, 0.25) is 0 Å². The highest BCUT2D eigenvalue weighted by Crippen LogP contribution is 2.18. The van der Waals surface area contributed by atoms with Gasteiger partial charge in [-0.1, -0.05) is 42.8 Å². The third-order valence-electron chi connectivity index (χ3n) is 4.03. The number of aryl methyl sites for hydroxylation is 3. The molecule has 4 heteroatoms. The normalized spacial score (nSPS) is 11.8. The first-order valence-electron chi connectivity index (χ1n) is 9.14. The smallest absolute Gasteiger partial charge is 0.261 e. The lowest BCUT2D eigenvalue weighted by atomic mass is 10.1. The molecule has 2 rings (SSSR count). The predicted octanol–water partition coefficient (Wildman–Crippen LogP) is 4.82. The van der Waals surface area contributed by atoms with Crippen LogP contribution in [0.15, 0.2) is 42.5 Å². The predicted molar refractivity (Wildman–Crippen MR) is 111 cm³/mol. The number of hydrogen-bond donors (Lipinski definition) is 1. The second-order valence-corrected chi connectivity index (χ2v) is 7.78. The molecule has 0 saturated carbocycles. The van der Waals surface area contributed by atoms with Crippen LogP contribution in [0.4, 0.5) is 0 Å². The third kappa shape index (κ3) is 6.75. The van der Waals surface area contributed by atoms with Crippen molar-refractivity contribution in [1.82, 2.24) is 5.32 Å². The molecule has 0 aliphatic heterocycles. The van der Waals surface area contributed by atoms with Gasteiger partial charge in [-0.05, 0) is 56.0 Å². The number of rotatable bonds is 9. The number of ether oxygens (including phenoxy) is 1. The van der Waals surface area contributed by atoms with Gasteiger partial charge < -0.3 is 10.1 Å². The number of carbonyl (C=O) groups excluding carboxylic acids is 1. The van der Waals surface area contributed by atoms with Crippen LogP contribution in [0.1, 0.15) is 35.6 Å².